The Kier molecular flexibility index (Phi) is 4.00. The van der Waals surface area contributed by atoms with Gasteiger partial charge < -0.3 is 0 Å². The third-order valence-electron chi connectivity index (χ3n) is 3.53. The minimum atomic E-state index is 0.745. The number of pyridine rings is 1. The van der Waals surface area contributed by atoms with Crippen LogP contribution in [0.25, 0.3) is 32.3 Å². The first-order chi connectivity index (χ1) is 11.3. The Morgan fingerprint density at radius 2 is 1.35 bits per heavy atom. The van der Waals surface area contributed by atoms with Gasteiger partial charge in [-0.2, -0.15) is 0 Å². The van der Waals surface area contributed by atoms with Gasteiger partial charge in [0.1, 0.15) is 0 Å². The maximum Gasteiger partial charge on any atom is 0.0815 e. The Balaban J connectivity index is 1.92. The highest BCUT2D eigenvalue weighted by molar-refractivity contribution is 7.13. The highest BCUT2D eigenvalue weighted by Crippen LogP contribution is 2.33. The number of hydrogen-bond donors (Lipinski definition) is 0. The van der Waals surface area contributed by atoms with Gasteiger partial charge in [-0.05, 0) is 58.3 Å². The summed E-state index contributed by atoms with van der Waals surface area (Å²) in [5.41, 5.74) is 4.24. The molecule has 4 aromatic rings. The summed E-state index contributed by atoms with van der Waals surface area (Å²) in [6.45, 7) is 0. The first-order valence-electron chi connectivity index (χ1n) is 7.15. The third kappa shape index (κ3) is 3.08. The predicted octanol–water partition coefficient (Wildman–Crippen LogP) is 6.86. The van der Waals surface area contributed by atoms with E-state index >= 15 is 0 Å². The van der Waals surface area contributed by atoms with Gasteiger partial charge in [-0.3, -0.25) is 0 Å². The first kappa shape index (κ1) is 14.6. The molecule has 0 radical (unpaired) electrons. The van der Waals surface area contributed by atoms with Gasteiger partial charge in [0, 0.05) is 5.02 Å². The van der Waals surface area contributed by atoms with Crippen LogP contribution in [0.15, 0.2) is 71.4 Å². The number of nitrogens with zero attached hydrogens (tertiary/aromatic N) is 1. The molecule has 112 valence electrons. The van der Waals surface area contributed by atoms with Crippen LogP contribution in [-0.2, 0) is 0 Å². The lowest BCUT2D eigenvalue weighted by Gasteiger charge is -2.08. The van der Waals surface area contributed by atoms with Gasteiger partial charge in [-0.15, -0.1) is 22.7 Å². The Labute approximate surface area is 147 Å². The summed E-state index contributed by atoms with van der Waals surface area (Å²) >= 11 is 9.57. The van der Waals surface area contributed by atoms with E-state index in [9.17, 15) is 0 Å². The molecule has 0 bridgehead atoms. The molecule has 0 amide bonds. The van der Waals surface area contributed by atoms with Crippen molar-refractivity contribution in [2.24, 2.45) is 0 Å². The lowest BCUT2D eigenvalue weighted by Crippen LogP contribution is -1.88. The Morgan fingerprint density at radius 3 is 1.87 bits per heavy atom. The van der Waals surface area contributed by atoms with Crippen LogP contribution in [0.4, 0.5) is 0 Å². The van der Waals surface area contributed by atoms with Gasteiger partial charge in [0.25, 0.3) is 0 Å². The van der Waals surface area contributed by atoms with Crippen molar-refractivity contribution in [1.82, 2.24) is 4.98 Å². The fourth-order valence-corrected chi connectivity index (χ4v) is 4.03. The van der Waals surface area contributed by atoms with Crippen LogP contribution in [0.3, 0.4) is 0 Å². The van der Waals surface area contributed by atoms with E-state index in [1.807, 2.05) is 18.2 Å². The van der Waals surface area contributed by atoms with Crippen molar-refractivity contribution in [3.05, 3.63) is 76.4 Å². The number of hydrogen-bond acceptors (Lipinski definition) is 3. The number of thiophene rings is 2. The van der Waals surface area contributed by atoms with E-state index in [0.717, 1.165) is 27.5 Å². The second-order valence-electron chi connectivity index (χ2n) is 5.09. The lowest BCUT2D eigenvalue weighted by molar-refractivity contribution is 1.35. The van der Waals surface area contributed by atoms with E-state index < -0.39 is 0 Å². The molecule has 4 rings (SSSR count). The molecule has 0 spiro atoms. The van der Waals surface area contributed by atoms with Crippen molar-refractivity contribution in [1.29, 1.82) is 0 Å². The van der Waals surface area contributed by atoms with Crippen molar-refractivity contribution in [3.63, 3.8) is 0 Å². The van der Waals surface area contributed by atoms with Crippen molar-refractivity contribution >= 4 is 34.3 Å². The molecule has 0 unspecified atom stereocenters. The normalized spacial score (nSPS) is 10.8. The Hall–Kier alpha value is -1.94. The monoisotopic (exact) mass is 353 g/mol. The molecule has 0 saturated carbocycles. The summed E-state index contributed by atoms with van der Waals surface area (Å²) in [7, 11) is 0. The maximum atomic E-state index is 6.16. The van der Waals surface area contributed by atoms with E-state index in [0.29, 0.717) is 0 Å². The minimum Gasteiger partial charge on any atom is -0.246 e. The van der Waals surface area contributed by atoms with Crippen LogP contribution >= 0.6 is 34.3 Å². The lowest BCUT2D eigenvalue weighted by atomic mass is 10.0. The van der Waals surface area contributed by atoms with Crippen LogP contribution in [0.5, 0.6) is 0 Å². The van der Waals surface area contributed by atoms with E-state index in [4.69, 9.17) is 16.6 Å². The molecule has 3 aromatic heterocycles. The van der Waals surface area contributed by atoms with Crippen LogP contribution in [0.1, 0.15) is 0 Å². The Bertz CT molecular complexity index is 875. The zero-order chi connectivity index (χ0) is 15.6. The molecule has 0 atom stereocenters. The summed E-state index contributed by atoms with van der Waals surface area (Å²) in [4.78, 5) is 7.20. The summed E-state index contributed by atoms with van der Waals surface area (Å²) < 4.78 is 0. The molecular weight excluding hydrogens is 342 g/mol. The molecule has 0 saturated heterocycles. The SMILES string of the molecule is Clc1cccc(-c2cc(-c3cccs3)nc(-c3cccs3)c2)c1. The molecule has 1 aromatic carbocycles. The summed E-state index contributed by atoms with van der Waals surface area (Å²) in [5, 5.41) is 4.90. The van der Waals surface area contributed by atoms with Crippen LogP contribution in [0.2, 0.25) is 5.02 Å². The van der Waals surface area contributed by atoms with Crippen molar-refractivity contribution in [2.45, 2.75) is 0 Å². The minimum absolute atomic E-state index is 0.745. The second-order valence-corrected chi connectivity index (χ2v) is 7.42. The summed E-state index contributed by atoms with van der Waals surface area (Å²) in [5.74, 6) is 0. The molecule has 23 heavy (non-hydrogen) atoms. The van der Waals surface area contributed by atoms with Gasteiger partial charge in [-0.1, -0.05) is 35.9 Å². The van der Waals surface area contributed by atoms with Crippen molar-refractivity contribution in [2.75, 3.05) is 0 Å². The fraction of sp³-hybridized carbons (Fsp3) is 0. The molecule has 0 aliphatic rings. The van der Waals surface area contributed by atoms with E-state index in [2.05, 4.69) is 53.2 Å². The van der Waals surface area contributed by atoms with E-state index in [-0.39, 0.29) is 0 Å². The smallest absolute Gasteiger partial charge is 0.0815 e. The maximum absolute atomic E-state index is 6.16. The molecule has 1 nitrogen and oxygen atoms in total. The molecule has 0 aliphatic carbocycles. The highest BCUT2D eigenvalue weighted by atomic mass is 35.5. The highest BCUT2D eigenvalue weighted by Gasteiger charge is 2.10. The van der Waals surface area contributed by atoms with E-state index in [1.165, 1.54) is 9.75 Å². The second kappa shape index (κ2) is 6.28. The number of aromatic nitrogens is 1. The molecule has 3 heterocycles. The molecule has 0 fully saturated rings. The Morgan fingerprint density at radius 1 is 0.696 bits per heavy atom. The molecular formula is C19H12ClNS2. The standard InChI is InChI=1S/C19H12ClNS2/c20-15-5-1-4-13(10-15)14-11-16(18-6-2-8-22-18)21-17(12-14)19-7-3-9-23-19/h1-12H. The van der Waals surface area contributed by atoms with Gasteiger partial charge >= 0.3 is 0 Å². The molecule has 0 N–H and O–H groups in total. The predicted molar refractivity (Wildman–Crippen MR) is 101 cm³/mol. The van der Waals surface area contributed by atoms with Gasteiger partial charge in [0.15, 0.2) is 0 Å². The average Bonchev–Trinajstić information content (AvgIpc) is 3.28. The van der Waals surface area contributed by atoms with Crippen LogP contribution in [0, 0.1) is 0 Å². The largest absolute Gasteiger partial charge is 0.246 e. The summed E-state index contributed by atoms with van der Waals surface area (Å²) in [6, 6.07) is 20.5. The van der Waals surface area contributed by atoms with Crippen LogP contribution < -0.4 is 0 Å². The van der Waals surface area contributed by atoms with Crippen LogP contribution in [-0.4, -0.2) is 4.98 Å². The molecule has 4 heteroatoms. The van der Waals surface area contributed by atoms with Gasteiger partial charge in [-0.25, -0.2) is 4.98 Å². The quantitative estimate of drug-likeness (QED) is 0.392. The number of rotatable bonds is 3. The molecule has 0 aliphatic heterocycles. The zero-order valence-electron chi connectivity index (χ0n) is 12.1. The van der Waals surface area contributed by atoms with E-state index in [1.54, 1.807) is 22.7 Å². The number of benzene rings is 1. The zero-order valence-corrected chi connectivity index (χ0v) is 14.5. The fourth-order valence-electron chi connectivity index (χ4n) is 2.47. The third-order valence-corrected chi connectivity index (χ3v) is 5.55. The first-order valence-corrected chi connectivity index (χ1v) is 9.29. The number of halogens is 1. The van der Waals surface area contributed by atoms with Gasteiger partial charge in [0.2, 0.25) is 0 Å². The summed E-state index contributed by atoms with van der Waals surface area (Å²) in [6.07, 6.45) is 0. The van der Waals surface area contributed by atoms with Crippen molar-refractivity contribution < 1.29 is 0 Å². The van der Waals surface area contributed by atoms with Crippen molar-refractivity contribution in [3.8, 4) is 32.3 Å². The topological polar surface area (TPSA) is 12.9 Å². The van der Waals surface area contributed by atoms with Gasteiger partial charge in [0.05, 0.1) is 21.1 Å². The average molecular weight is 354 g/mol.